The monoisotopic (exact) mass is 276 g/mol. The minimum atomic E-state index is 0.176. The summed E-state index contributed by atoms with van der Waals surface area (Å²) in [7, 11) is 0. The van der Waals surface area contributed by atoms with E-state index < -0.39 is 0 Å². The fourth-order valence-corrected chi connectivity index (χ4v) is 2.53. The summed E-state index contributed by atoms with van der Waals surface area (Å²) in [5.74, 6) is 1.18. The summed E-state index contributed by atoms with van der Waals surface area (Å²) in [5, 5.41) is 0. The third kappa shape index (κ3) is 3.97. The van der Waals surface area contributed by atoms with Crippen LogP contribution in [0.15, 0.2) is 24.3 Å². The maximum atomic E-state index is 11.2. The molecule has 0 unspecified atom stereocenters. The van der Waals surface area contributed by atoms with Crippen molar-refractivity contribution >= 4 is 11.5 Å². The Labute approximate surface area is 121 Å². The lowest BCUT2D eigenvalue weighted by molar-refractivity contribution is -0.118. The number of carbonyl (C=O) groups excluding carboxylic acids is 1. The Balaban J connectivity index is 2.01. The standard InChI is InChI=1S/C16H24N2O2/c1-13(2)20-16-7-5-4-6-15(16)18-10-8-17(9-11-18)12-14(3)19/h4-7,13H,8-12H2,1-3H3. The van der Waals surface area contributed by atoms with E-state index in [2.05, 4.69) is 15.9 Å². The van der Waals surface area contributed by atoms with Crippen LogP contribution >= 0.6 is 0 Å². The zero-order chi connectivity index (χ0) is 14.5. The number of benzene rings is 1. The van der Waals surface area contributed by atoms with E-state index in [1.165, 1.54) is 0 Å². The van der Waals surface area contributed by atoms with Crippen molar-refractivity contribution in [3.63, 3.8) is 0 Å². The highest BCUT2D eigenvalue weighted by Crippen LogP contribution is 2.29. The first-order chi connectivity index (χ1) is 9.56. The number of carbonyl (C=O) groups is 1. The maximum absolute atomic E-state index is 11.2. The van der Waals surface area contributed by atoms with E-state index in [9.17, 15) is 4.79 Å². The zero-order valence-electron chi connectivity index (χ0n) is 12.6. The molecular formula is C16H24N2O2. The van der Waals surface area contributed by atoms with Crippen LogP contribution in [0.2, 0.25) is 0 Å². The predicted molar refractivity (Wildman–Crippen MR) is 81.5 cm³/mol. The van der Waals surface area contributed by atoms with Gasteiger partial charge in [0, 0.05) is 26.2 Å². The van der Waals surface area contributed by atoms with Crippen LogP contribution in [0, 0.1) is 0 Å². The molecule has 0 N–H and O–H groups in total. The van der Waals surface area contributed by atoms with Crippen molar-refractivity contribution in [1.29, 1.82) is 0 Å². The minimum absolute atomic E-state index is 0.176. The van der Waals surface area contributed by atoms with Crippen molar-refractivity contribution in [2.45, 2.75) is 26.9 Å². The number of nitrogens with zero attached hydrogens (tertiary/aromatic N) is 2. The fraction of sp³-hybridized carbons (Fsp3) is 0.562. The molecule has 0 bridgehead atoms. The van der Waals surface area contributed by atoms with Crippen LogP contribution in [-0.4, -0.2) is 49.5 Å². The Morgan fingerprint density at radius 1 is 1.20 bits per heavy atom. The molecule has 1 aliphatic heterocycles. The van der Waals surface area contributed by atoms with Gasteiger partial charge in [0.05, 0.1) is 18.3 Å². The Morgan fingerprint density at radius 2 is 1.85 bits per heavy atom. The molecule has 110 valence electrons. The average molecular weight is 276 g/mol. The molecule has 0 aromatic heterocycles. The number of ketones is 1. The first-order valence-corrected chi connectivity index (χ1v) is 7.28. The topological polar surface area (TPSA) is 32.8 Å². The van der Waals surface area contributed by atoms with Crippen LogP contribution < -0.4 is 9.64 Å². The van der Waals surface area contributed by atoms with Crippen LogP contribution in [0.3, 0.4) is 0 Å². The number of anilines is 1. The summed E-state index contributed by atoms with van der Waals surface area (Å²) >= 11 is 0. The molecule has 2 rings (SSSR count). The van der Waals surface area contributed by atoms with E-state index in [4.69, 9.17) is 4.74 Å². The number of Topliss-reactive ketones (excluding diaryl/α,β-unsaturated/α-hetero) is 1. The second kappa shape index (κ2) is 6.75. The molecule has 0 aliphatic carbocycles. The molecule has 4 heteroatoms. The average Bonchev–Trinajstić information content (AvgIpc) is 2.39. The lowest BCUT2D eigenvalue weighted by Gasteiger charge is -2.36. The summed E-state index contributed by atoms with van der Waals surface area (Å²) in [5.41, 5.74) is 1.16. The molecule has 1 heterocycles. The molecule has 1 aliphatic rings. The van der Waals surface area contributed by atoms with Crippen LogP contribution in [-0.2, 0) is 4.79 Å². The lowest BCUT2D eigenvalue weighted by atomic mass is 10.2. The highest BCUT2D eigenvalue weighted by Gasteiger charge is 2.20. The number of rotatable bonds is 5. The van der Waals surface area contributed by atoms with Gasteiger partial charge in [-0.1, -0.05) is 12.1 Å². The van der Waals surface area contributed by atoms with Crippen LogP contribution in [0.4, 0.5) is 5.69 Å². The van der Waals surface area contributed by atoms with E-state index >= 15 is 0 Å². The van der Waals surface area contributed by atoms with Gasteiger partial charge < -0.3 is 9.64 Å². The molecule has 0 amide bonds. The zero-order valence-corrected chi connectivity index (χ0v) is 12.6. The number of ether oxygens (including phenoxy) is 1. The predicted octanol–water partition coefficient (Wildman–Crippen LogP) is 2.18. The van der Waals surface area contributed by atoms with Gasteiger partial charge in [0.2, 0.25) is 0 Å². The van der Waals surface area contributed by atoms with Crippen molar-refractivity contribution in [2.75, 3.05) is 37.6 Å². The normalized spacial score (nSPS) is 16.5. The SMILES string of the molecule is CC(=O)CN1CCN(c2ccccc2OC(C)C)CC1. The Hall–Kier alpha value is -1.55. The van der Waals surface area contributed by atoms with Crippen LogP contribution in [0.25, 0.3) is 0 Å². The van der Waals surface area contributed by atoms with Crippen molar-refractivity contribution in [3.8, 4) is 5.75 Å². The van der Waals surface area contributed by atoms with Gasteiger partial charge in [-0.15, -0.1) is 0 Å². The van der Waals surface area contributed by atoms with Gasteiger partial charge in [-0.3, -0.25) is 9.69 Å². The van der Waals surface area contributed by atoms with Gasteiger partial charge in [-0.05, 0) is 32.9 Å². The number of hydrogen-bond donors (Lipinski definition) is 0. The highest BCUT2D eigenvalue weighted by atomic mass is 16.5. The van der Waals surface area contributed by atoms with E-state index in [1.807, 2.05) is 32.0 Å². The first-order valence-electron chi connectivity index (χ1n) is 7.28. The van der Waals surface area contributed by atoms with E-state index in [-0.39, 0.29) is 11.9 Å². The van der Waals surface area contributed by atoms with Crippen molar-refractivity contribution < 1.29 is 9.53 Å². The van der Waals surface area contributed by atoms with Crippen LogP contribution in [0.1, 0.15) is 20.8 Å². The largest absolute Gasteiger partial charge is 0.489 e. The second-order valence-corrected chi connectivity index (χ2v) is 5.60. The summed E-state index contributed by atoms with van der Waals surface area (Å²) in [4.78, 5) is 15.7. The van der Waals surface area contributed by atoms with Gasteiger partial charge >= 0.3 is 0 Å². The summed E-state index contributed by atoms with van der Waals surface area (Å²) in [6, 6.07) is 8.19. The molecule has 1 saturated heterocycles. The number of para-hydroxylation sites is 2. The molecule has 0 atom stereocenters. The third-order valence-electron chi connectivity index (χ3n) is 3.39. The van der Waals surface area contributed by atoms with Gasteiger partial charge in [-0.25, -0.2) is 0 Å². The Bertz CT molecular complexity index is 452. The molecule has 1 aromatic carbocycles. The van der Waals surface area contributed by atoms with E-state index in [0.717, 1.165) is 37.6 Å². The summed E-state index contributed by atoms with van der Waals surface area (Å²) in [6.45, 7) is 10.0. The lowest BCUT2D eigenvalue weighted by Crippen LogP contribution is -2.47. The Kier molecular flexibility index (Phi) is 5.01. The van der Waals surface area contributed by atoms with Gasteiger partial charge in [0.25, 0.3) is 0 Å². The summed E-state index contributed by atoms with van der Waals surface area (Å²) in [6.07, 6.45) is 0.176. The van der Waals surface area contributed by atoms with Crippen molar-refractivity contribution in [3.05, 3.63) is 24.3 Å². The van der Waals surface area contributed by atoms with Gasteiger partial charge in [-0.2, -0.15) is 0 Å². The molecule has 0 saturated carbocycles. The number of hydrogen-bond acceptors (Lipinski definition) is 4. The molecule has 1 fully saturated rings. The van der Waals surface area contributed by atoms with Crippen LogP contribution in [0.5, 0.6) is 5.75 Å². The minimum Gasteiger partial charge on any atom is -0.489 e. The smallest absolute Gasteiger partial charge is 0.143 e. The number of piperazine rings is 1. The third-order valence-corrected chi connectivity index (χ3v) is 3.39. The quantitative estimate of drug-likeness (QED) is 0.825. The molecule has 0 radical (unpaired) electrons. The summed E-state index contributed by atoms with van der Waals surface area (Å²) < 4.78 is 5.88. The van der Waals surface area contributed by atoms with E-state index in [0.29, 0.717) is 6.54 Å². The fourth-order valence-electron chi connectivity index (χ4n) is 2.53. The second-order valence-electron chi connectivity index (χ2n) is 5.60. The first kappa shape index (κ1) is 14.9. The molecule has 4 nitrogen and oxygen atoms in total. The molecule has 20 heavy (non-hydrogen) atoms. The molecular weight excluding hydrogens is 252 g/mol. The Morgan fingerprint density at radius 3 is 2.45 bits per heavy atom. The van der Waals surface area contributed by atoms with Gasteiger partial charge in [0.1, 0.15) is 11.5 Å². The van der Waals surface area contributed by atoms with Crippen molar-refractivity contribution in [1.82, 2.24) is 4.90 Å². The van der Waals surface area contributed by atoms with Crippen molar-refractivity contribution in [2.24, 2.45) is 0 Å². The molecule has 1 aromatic rings. The van der Waals surface area contributed by atoms with Gasteiger partial charge in [0.15, 0.2) is 0 Å². The maximum Gasteiger partial charge on any atom is 0.143 e. The highest BCUT2D eigenvalue weighted by molar-refractivity contribution is 5.77. The molecule has 0 spiro atoms. The van der Waals surface area contributed by atoms with E-state index in [1.54, 1.807) is 6.92 Å².